The first-order valence-electron chi connectivity index (χ1n) is 7.71. The van der Waals surface area contributed by atoms with Crippen LogP contribution in [0.15, 0.2) is 0 Å². The van der Waals surface area contributed by atoms with Crippen LogP contribution in [-0.2, 0) is 14.9 Å². The summed E-state index contributed by atoms with van der Waals surface area (Å²) in [5, 5.41) is 3.29. The Morgan fingerprint density at radius 3 is 2.80 bits per heavy atom. The van der Waals surface area contributed by atoms with Crippen molar-refractivity contribution < 1.29 is 13.2 Å². The Hall–Kier alpha value is -0.210. The van der Waals surface area contributed by atoms with E-state index in [0.717, 1.165) is 38.8 Å². The van der Waals surface area contributed by atoms with Crippen LogP contribution in [0, 0.1) is 0 Å². The molecule has 1 atom stereocenters. The van der Waals surface area contributed by atoms with Gasteiger partial charge < -0.3 is 10.1 Å². The molecule has 1 unspecified atom stereocenters. The summed E-state index contributed by atoms with van der Waals surface area (Å²) < 4.78 is 34.3. The standard InChI is InChI=1S/C13H27N3O3S/c1-2-14-12-13-6-3-4-8-16(13)20(17,18)15-7-5-10-19-11-9-15/h13-14H,2-12H2,1H3. The van der Waals surface area contributed by atoms with Crippen molar-refractivity contribution in [2.24, 2.45) is 0 Å². The first-order valence-corrected chi connectivity index (χ1v) is 9.11. The van der Waals surface area contributed by atoms with Crippen molar-refractivity contribution in [3.63, 3.8) is 0 Å². The smallest absolute Gasteiger partial charge is 0.282 e. The molecule has 0 saturated carbocycles. The van der Waals surface area contributed by atoms with E-state index in [1.807, 2.05) is 6.92 Å². The van der Waals surface area contributed by atoms with Crippen LogP contribution < -0.4 is 5.32 Å². The van der Waals surface area contributed by atoms with Gasteiger partial charge >= 0.3 is 0 Å². The van der Waals surface area contributed by atoms with Crippen LogP contribution in [0.3, 0.4) is 0 Å². The minimum Gasteiger partial charge on any atom is -0.380 e. The lowest BCUT2D eigenvalue weighted by Crippen LogP contribution is -2.54. The van der Waals surface area contributed by atoms with E-state index in [0.29, 0.717) is 32.8 Å². The highest BCUT2D eigenvalue weighted by Gasteiger charge is 2.36. The summed E-state index contributed by atoms with van der Waals surface area (Å²) in [5.74, 6) is 0. The highest BCUT2D eigenvalue weighted by Crippen LogP contribution is 2.23. The van der Waals surface area contributed by atoms with Gasteiger partial charge in [-0.3, -0.25) is 0 Å². The molecule has 2 saturated heterocycles. The van der Waals surface area contributed by atoms with Gasteiger partial charge in [0, 0.05) is 38.8 Å². The molecular weight excluding hydrogens is 278 g/mol. The molecule has 2 aliphatic rings. The second kappa shape index (κ2) is 7.70. The van der Waals surface area contributed by atoms with E-state index in [1.165, 1.54) is 0 Å². The maximum Gasteiger partial charge on any atom is 0.282 e. The molecule has 0 aromatic heterocycles. The molecule has 0 aromatic rings. The summed E-state index contributed by atoms with van der Waals surface area (Å²) in [4.78, 5) is 0. The largest absolute Gasteiger partial charge is 0.380 e. The average Bonchev–Trinajstić information content (AvgIpc) is 2.75. The van der Waals surface area contributed by atoms with E-state index < -0.39 is 10.2 Å². The van der Waals surface area contributed by atoms with Crippen molar-refractivity contribution in [2.75, 3.05) is 45.9 Å². The fraction of sp³-hybridized carbons (Fsp3) is 1.00. The van der Waals surface area contributed by atoms with Crippen LogP contribution in [0.5, 0.6) is 0 Å². The Morgan fingerprint density at radius 1 is 1.15 bits per heavy atom. The highest BCUT2D eigenvalue weighted by molar-refractivity contribution is 7.86. The number of ether oxygens (including phenoxy) is 1. The van der Waals surface area contributed by atoms with Gasteiger partial charge in [0.15, 0.2) is 0 Å². The van der Waals surface area contributed by atoms with Crippen LogP contribution in [-0.4, -0.2) is 69.0 Å². The van der Waals surface area contributed by atoms with Gasteiger partial charge in [-0.15, -0.1) is 0 Å². The molecule has 0 amide bonds. The molecule has 6 nitrogen and oxygen atoms in total. The summed E-state index contributed by atoms with van der Waals surface area (Å²) in [6.07, 6.45) is 3.82. The lowest BCUT2D eigenvalue weighted by molar-refractivity contribution is 0.147. The van der Waals surface area contributed by atoms with E-state index in [-0.39, 0.29) is 6.04 Å². The zero-order valence-corrected chi connectivity index (χ0v) is 13.2. The zero-order chi connectivity index (χ0) is 14.4. The van der Waals surface area contributed by atoms with Crippen molar-refractivity contribution in [2.45, 2.75) is 38.6 Å². The highest BCUT2D eigenvalue weighted by atomic mass is 32.2. The third kappa shape index (κ3) is 3.92. The van der Waals surface area contributed by atoms with Gasteiger partial charge in [-0.1, -0.05) is 13.3 Å². The number of nitrogens with zero attached hydrogens (tertiary/aromatic N) is 2. The first kappa shape index (κ1) is 16.2. The van der Waals surface area contributed by atoms with Gasteiger partial charge in [-0.05, 0) is 25.8 Å². The lowest BCUT2D eigenvalue weighted by Gasteiger charge is -2.37. The van der Waals surface area contributed by atoms with E-state index >= 15 is 0 Å². The molecule has 2 heterocycles. The molecule has 0 bridgehead atoms. The van der Waals surface area contributed by atoms with Crippen LogP contribution in [0.2, 0.25) is 0 Å². The van der Waals surface area contributed by atoms with Crippen molar-refractivity contribution in [3.8, 4) is 0 Å². The van der Waals surface area contributed by atoms with Crippen molar-refractivity contribution in [1.82, 2.24) is 13.9 Å². The minimum atomic E-state index is -3.34. The second-order valence-corrected chi connectivity index (χ2v) is 7.32. The monoisotopic (exact) mass is 305 g/mol. The fourth-order valence-corrected chi connectivity index (χ4v) is 4.77. The van der Waals surface area contributed by atoms with E-state index in [1.54, 1.807) is 8.61 Å². The maximum atomic E-state index is 12.8. The molecule has 2 aliphatic heterocycles. The normalized spacial score (nSPS) is 27.4. The Morgan fingerprint density at radius 2 is 2.00 bits per heavy atom. The van der Waals surface area contributed by atoms with Crippen LogP contribution in [0.4, 0.5) is 0 Å². The van der Waals surface area contributed by atoms with Gasteiger partial charge in [-0.2, -0.15) is 17.0 Å². The average molecular weight is 305 g/mol. The number of hydrogen-bond acceptors (Lipinski definition) is 4. The first-order chi connectivity index (χ1) is 9.66. The lowest BCUT2D eigenvalue weighted by atomic mass is 10.1. The van der Waals surface area contributed by atoms with Gasteiger partial charge in [0.05, 0.1) is 6.61 Å². The van der Waals surface area contributed by atoms with Gasteiger partial charge in [-0.25, -0.2) is 0 Å². The topological polar surface area (TPSA) is 61.9 Å². The number of piperidine rings is 1. The molecule has 0 aromatic carbocycles. The van der Waals surface area contributed by atoms with Crippen LogP contribution in [0.25, 0.3) is 0 Å². The summed E-state index contributed by atoms with van der Waals surface area (Å²) in [5.41, 5.74) is 0. The third-order valence-corrected chi connectivity index (χ3v) is 6.10. The molecule has 7 heteroatoms. The molecule has 20 heavy (non-hydrogen) atoms. The van der Waals surface area contributed by atoms with Crippen LogP contribution in [0.1, 0.15) is 32.6 Å². The predicted molar refractivity (Wildman–Crippen MR) is 78.8 cm³/mol. The van der Waals surface area contributed by atoms with E-state index in [4.69, 9.17) is 4.74 Å². The zero-order valence-electron chi connectivity index (χ0n) is 12.4. The number of nitrogens with one attached hydrogen (secondary N) is 1. The molecule has 0 radical (unpaired) electrons. The van der Waals surface area contributed by atoms with E-state index in [2.05, 4.69) is 5.32 Å². The number of hydrogen-bond donors (Lipinski definition) is 1. The number of rotatable bonds is 5. The summed E-state index contributed by atoms with van der Waals surface area (Å²) in [7, 11) is -3.34. The van der Waals surface area contributed by atoms with Crippen molar-refractivity contribution in [1.29, 1.82) is 0 Å². The third-order valence-electron chi connectivity index (χ3n) is 4.01. The Labute approximate surface area is 122 Å². The molecule has 118 valence electrons. The Kier molecular flexibility index (Phi) is 6.22. The Bertz CT molecular complexity index is 380. The molecule has 0 spiro atoms. The van der Waals surface area contributed by atoms with Gasteiger partial charge in [0.1, 0.15) is 0 Å². The minimum absolute atomic E-state index is 0.0953. The van der Waals surface area contributed by atoms with Gasteiger partial charge in [0.25, 0.3) is 10.2 Å². The Balaban J connectivity index is 2.07. The predicted octanol–water partition coefficient (Wildman–Crippen LogP) is 0.418. The fourth-order valence-electron chi connectivity index (χ4n) is 2.89. The molecular formula is C13H27N3O3S. The number of likely N-dealkylation sites (N-methyl/N-ethyl adjacent to an activating group) is 1. The second-order valence-electron chi connectivity index (χ2n) is 5.44. The summed E-state index contributed by atoms with van der Waals surface area (Å²) >= 11 is 0. The molecule has 0 aliphatic carbocycles. The van der Waals surface area contributed by atoms with E-state index in [9.17, 15) is 8.42 Å². The maximum absolute atomic E-state index is 12.8. The molecule has 2 fully saturated rings. The molecule has 2 rings (SSSR count). The van der Waals surface area contributed by atoms with Crippen molar-refractivity contribution >= 4 is 10.2 Å². The SMILES string of the molecule is CCNCC1CCCCN1S(=O)(=O)N1CCCOCC1. The van der Waals surface area contributed by atoms with Gasteiger partial charge in [0.2, 0.25) is 0 Å². The van der Waals surface area contributed by atoms with Crippen molar-refractivity contribution in [3.05, 3.63) is 0 Å². The quantitative estimate of drug-likeness (QED) is 0.799. The molecule has 1 N–H and O–H groups in total. The van der Waals surface area contributed by atoms with Crippen LogP contribution >= 0.6 is 0 Å². The summed E-state index contributed by atoms with van der Waals surface area (Å²) in [6, 6.07) is 0.0953. The summed E-state index contributed by atoms with van der Waals surface area (Å²) in [6.45, 7) is 6.54.